The molecule has 0 aliphatic carbocycles. The number of H-pyrrole nitrogens is 1. The lowest BCUT2D eigenvalue weighted by Crippen LogP contribution is -2.49. The van der Waals surface area contributed by atoms with Crippen molar-refractivity contribution in [3.8, 4) is 18.1 Å². The van der Waals surface area contributed by atoms with Crippen molar-refractivity contribution < 1.29 is 14.3 Å². The summed E-state index contributed by atoms with van der Waals surface area (Å²) in [6.07, 6.45) is 5.96. The number of anilines is 1. The van der Waals surface area contributed by atoms with Crippen molar-refractivity contribution in [3.05, 3.63) is 71.3 Å². The maximum Gasteiger partial charge on any atom is 0.291 e. The first-order valence-corrected chi connectivity index (χ1v) is 9.32. The number of hydrogen-bond acceptors (Lipinski definition) is 5. The minimum Gasteiger partial charge on any atom is -0.489 e. The number of carbonyl (C=O) groups is 2. The second kappa shape index (κ2) is 8.09. The summed E-state index contributed by atoms with van der Waals surface area (Å²) in [5.74, 6) is 2.69. The standard InChI is InChI=1S/C22H19N5O3/c1-3-14-9-10-18-17(11-14)27(2)22(29)16(13-30-18)23-21(28)20-24-19(25-26-20)12-15-7-5-4-6-8-15/h1,4-11,16H,12-13H2,2H3,(H,23,28)(H,24,25,26). The molecule has 1 aliphatic heterocycles. The first-order valence-electron chi connectivity index (χ1n) is 9.32. The van der Waals surface area contributed by atoms with Gasteiger partial charge in [0.1, 0.15) is 24.2 Å². The van der Waals surface area contributed by atoms with Gasteiger partial charge in [0, 0.05) is 19.0 Å². The maximum absolute atomic E-state index is 12.9. The Morgan fingerprint density at radius 2 is 2.13 bits per heavy atom. The van der Waals surface area contributed by atoms with Crippen LogP contribution in [0.25, 0.3) is 0 Å². The summed E-state index contributed by atoms with van der Waals surface area (Å²) in [5, 5.41) is 9.39. The van der Waals surface area contributed by atoms with Crippen LogP contribution in [-0.2, 0) is 11.2 Å². The Balaban J connectivity index is 1.46. The van der Waals surface area contributed by atoms with E-state index < -0.39 is 11.9 Å². The van der Waals surface area contributed by atoms with Crippen LogP contribution in [0.3, 0.4) is 0 Å². The van der Waals surface area contributed by atoms with Crippen molar-refractivity contribution in [1.29, 1.82) is 0 Å². The van der Waals surface area contributed by atoms with E-state index in [1.165, 1.54) is 4.90 Å². The predicted molar refractivity (Wildman–Crippen MR) is 110 cm³/mol. The third-order valence-electron chi connectivity index (χ3n) is 4.78. The molecule has 0 fully saturated rings. The molecule has 1 unspecified atom stereocenters. The van der Waals surface area contributed by atoms with Gasteiger partial charge in [-0.2, -0.15) is 0 Å². The van der Waals surface area contributed by atoms with Crippen LogP contribution in [0.2, 0.25) is 0 Å². The molecule has 2 amide bonds. The largest absolute Gasteiger partial charge is 0.489 e. The number of aromatic amines is 1. The minimum atomic E-state index is -0.889. The molecule has 1 aliphatic rings. The Labute approximate surface area is 173 Å². The number of aromatic nitrogens is 3. The van der Waals surface area contributed by atoms with Crippen molar-refractivity contribution in [2.75, 3.05) is 18.6 Å². The number of amides is 2. The Hall–Kier alpha value is -4.12. The number of benzene rings is 2. The fourth-order valence-electron chi connectivity index (χ4n) is 3.18. The highest BCUT2D eigenvalue weighted by molar-refractivity contribution is 6.02. The average molecular weight is 401 g/mol. The molecule has 30 heavy (non-hydrogen) atoms. The van der Waals surface area contributed by atoms with Gasteiger partial charge in [-0.1, -0.05) is 36.3 Å². The summed E-state index contributed by atoms with van der Waals surface area (Å²) in [5.41, 5.74) is 2.22. The van der Waals surface area contributed by atoms with Gasteiger partial charge in [-0.15, -0.1) is 11.5 Å². The molecular formula is C22H19N5O3. The van der Waals surface area contributed by atoms with E-state index in [9.17, 15) is 9.59 Å². The number of rotatable bonds is 4. The number of likely N-dealkylation sites (N-methyl/N-ethyl adjacent to an activating group) is 1. The molecule has 0 saturated carbocycles. The normalized spacial score (nSPS) is 15.5. The van der Waals surface area contributed by atoms with E-state index in [0.717, 1.165) is 5.56 Å². The fourth-order valence-corrected chi connectivity index (χ4v) is 3.18. The van der Waals surface area contributed by atoms with Gasteiger partial charge in [0.2, 0.25) is 5.82 Å². The van der Waals surface area contributed by atoms with E-state index >= 15 is 0 Å². The Morgan fingerprint density at radius 3 is 2.90 bits per heavy atom. The van der Waals surface area contributed by atoms with Crippen molar-refractivity contribution in [2.24, 2.45) is 0 Å². The number of hydrogen-bond donors (Lipinski definition) is 2. The molecule has 1 atom stereocenters. The smallest absolute Gasteiger partial charge is 0.291 e. The Morgan fingerprint density at radius 1 is 1.33 bits per heavy atom. The van der Waals surface area contributed by atoms with Crippen molar-refractivity contribution in [2.45, 2.75) is 12.5 Å². The van der Waals surface area contributed by atoms with Crippen LogP contribution in [0.5, 0.6) is 5.75 Å². The molecular weight excluding hydrogens is 382 g/mol. The van der Waals surface area contributed by atoms with Crippen LogP contribution in [0.15, 0.2) is 48.5 Å². The number of fused-ring (bicyclic) bond motifs is 1. The third kappa shape index (κ3) is 3.86. The first kappa shape index (κ1) is 19.2. The number of carbonyl (C=O) groups excluding carboxylic acids is 2. The van der Waals surface area contributed by atoms with Gasteiger partial charge in [-0.3, -0.25) is 14.7 Å². The zero-order valence-electron chi connectivity index (χ0n) is 16.3. The molecule has 0 radical (unpaired) electrons. The van der Waals surface area contributed by atoms with Crippen LogP contribution in [0.4, 0.5) is 5.69 Å². The molecule has 1 aromatic heterocycles. The Kier molecular flexibility index (Phi) is 5.18. The van der Waals surface area contributed by atoms with Crippen LogP contribution >= 0.6 is 0 Å². The Bertz CT molecular complexity index is 1130. The lowest BCUT2D eigenvalue weighted by molar-refractivity contribution is -0.120. The monoisotopic (exact) mass is 401 g/mol. The molecule has 4 rings (SSSR count). The number of terminal acetylenes is 1. The van der Waals surface area contributed by atoms with E-state index in [0.29, 0.717) is 29.2 Å². The van der Waals surface area contributed by atoms with E-state index in [1.54, 1.807) is 25.2 Å². The van der Waals surface area contributed by atoms with Gasteiger partial charge in [-0.25, -0.2) is 4.98 Å². The molecule has 0 spiro atoms. The van der Waals surface area contributed by atoms with Crippen LogP contribution in [-0.4, -0.2) is 46.7 Å². The quantitative estimate of drug-likeness (QED) is 0.646. The summed E-state index contributed by atoms with van der Waals surface area (Å²) >= 11 is 0. The molecule has 2 heterocycles. The van der Waals surface area contributed by atoms with E-state index in [-0.39, 0.29) is 18.3 Å². The zero-order valence-corrected chi connectivity index (χ0v) is 16.3. The second-order valence-corrected chi connectivity index (χ2v) is 6.83. The van der Waals surface area contributed by atoms with Crippen molar-refractivity contribution in [1.82, 2.24) is 20.5 Å². The zero-order chi connectivity index (χ0) is 21.1. The molecule has 8 heteroatoms. The SMILES string of the molecule is C#Cc1ccc2c(c1)N(C)C(=O)C(NC(=O)c1n[nH]c(Cc3ccccc3)n1)CO2. The summed E-state index contributed by atoms with van der Waals surface area (Å²) in [7, 11) is 1.61. The molecule has 150 valence electrons. The lowest BCUT2D eigenvalue weighted by atomic mass is 10.1. The summed E-state index contributed by atoms with van der Waals surface area (Å²) in [4.78, 5) is 31.1. The fraction of sp³-hybridized carbons (Fsp3) is 0.182. The summed E-state index contributed by atoms with van der Waals surface area (Å²) < 4.78 is 5.73. The first-order chi connectivity index (χ1) is 14.5. The van der Waals surface area contributed by atoms with Crippen LogP contribution in [0, 0.1) is 12.3 Å². The number of nitrogens with zero attached hydrogens (tertiary/aromatic N) is 3. The highest BCUT2D eigenvalue weighted by atomic mass is 16.5. The van der Waals surface area contributed by atoms with Crippen molar-refractivity contribution >= 4 is 17.5 Å². The number of ether oxygens (including phenoxy) is 1. The summed E-state index contributed by atoms with van der Waals surface area (Å²) in [6.45, 7) is -0.0153. The van der Waals surface area contributed by atoms with Gasteiger partial charge in [0.05, 0.1) is 5.69 Å². The molecule has 2 N–H and O–H groups in total. The highest BCUT2D eigenvalue weighted by Gasteiger charge is 2.31. The van der Waals surface area contributed by atoms with Crippen LogP contribution < -0.4 is 15.0 Å². The van der Waals surface area contributed by atoms with Gasteiger partial charge < -0.3 is 15.0 Å². The summed E-state index contributed by atoms with van der Waals surface area (Å²) in [6, 6.07) is 14.0. The average Bonchev–Trinajstić information content (AvgIpc) is 3.20. The molecule has 3 aromatic rings. The molecule has 8 nitrogen and oxygen atoms in total. The minimum absolute atomic E-state index is 0.0153. The molecule has 0 bridgehead atoms. The van der Waals surface area contributed by atoms with Crippen molar-refractivity contribution in [3.63, 3.8) is 0 Å². The van der Waals surface area contributed by atoms with E-state index in [1.807, 2.05) is 30.3 Å². The van der Waals surface area contributed by atoms with E-state index in [2.05, 4.69) is 26.4 Å². The lowest BCUT2D eigenvalue weighted by Gasteiger charge is -2.20. The molecule has 2 aromatic carbocycles. The number of nitrogens with one attached hydrogen (secondary N) is 2. The van der Waals surface area contributed by atoms with Gasteiger partial charge in [0.25, 0.3) is 11.8 Å². The molecule has 0 saturated heterocycles. The van der Waals surface area contributed by atoms with Gasteiger partial charge in [0.15, 0.2) is 0 Å². The van der Waals surface area contributed by atoms with E-state index in [4.69, 9.17) is 11.2 Å². The van der Waals surface area contributed by atoms with Gasteiger partial charge in [-0.05, 0) is 23.8 Å². The predicted octanol–water partition coefficient (Wildman–Crippen LogP) is 1.53. The second-order valence-electron chi connectivity index (χ2n) is 6.83. The third-order valence-corrected chi connectivity index (χ3v) is 4.78. The topological polar surface area (TPSA) is 100 Å². The highest BCUT2D eigenvalue weighted by Crippen LogP contribution is 2.31. The maximum atomic E-state index is 12.9. The van der Waals surface area contributed by atoms with Gasteiger partial charge >= 0.3 is 0 Å². The van der Waals surface area contributed by atoms with Crippen LogP contribution in [0.1, 0.15) is 27.6 Å².